The Balaban J connectivity index is 2.74. The van der Waals surface area contributed by atoms with Crippen molar-refractivity contribution in [1.29, 1.82) is 0 Å². The van der Waals surface area contributed by atoms with E-state index in [-0.39, 0.29) is 5.75 Å². The number of carboxylic acids is 1. The minimum atomic E-state index is -0.921. The number of hydrogen-bond acceptors (Lipinski definition) is 4. The molecule has 70 valence electrons. The normalized spacial score (nSPS) is 12.4. The average Bonchev–Trinajstić information content (AvgIpc) is 2.08. The molecule has 1 aromatic heterocycles. The molecule has 0 aromatic carbocycles. The second kappa shape index (κ2) is 4.13. The second-order valence-electron chi connectivity index (χ2n) is 2.43. The first kappa shape index (κ1) is 9.85. The van der Waals surface area contributed by atoms with E-state index in [0.717, 1.165) is 11.8 Å². The van der Waals surface area contributed by atoms with Crippen LogP contribution in [0.1, 0.15) is 6.92 Å². The van der Waals surface area contributed by atoms with Gasteiger partial charge in [-0.25, -0.2) is 4.98 Å². The Hall–Kier alpha value is -1.23. The Kier molecular flexibility index (Phi) is 3.13. The number of hydrogen-bond donors (Lipinski definition) is 2. The lowest BCUT2D eigenvalue weighted by molar-refractivity contribution is -0.136. The van der Waals surface area contributed by atoms with Gasteiger partial charge in [-0.2, -0.15) is 0 Å². The highest BCUT2D eigenvalue weighted by Gasteiger charge is 2.14. The third kappa shape index (κ3) is 2.62. The highest BCUT2D eigenvalue weighted by atomic mass is 32.2. The summed E-state index contributed by atoms with van der Waals surface area (Å²) < 4.78 is 0. The Morgan fingerprint density at radius 1 is 1.69 bits per heavy atom. The number of carbonyl (C=O) groups is 1. The van der Waals surface area contributed by atoms with Gasteiger partial charge in [0.2, 0.25) is 0 Å². The molecule has 0 fully saturated rings. The van der Waals surface area contributed by atoms with Crippen molar-refractivity contribution in [3.05, 3.63) is 18.3 Å². The maximum atomic E-state index is 10.5. The van der Waals surface area contributed by atoms with Gasteiger partial charge in [-0.1, -0.05) is 11.8 Å². The third-order valence-electron chi connectivity index (χ3n) is 1.39. The van der Waals surface area contributed by atoms with Gasteiger partial charge in [0.1, 0.15) is 16.0 Å². The first-order chi connectivity index (χ1) is 6.11. The third-order valence-corrected chi connectivity index (χ3v) is 2.48. The summed E-state index contributed by atoms with van der Waals surface area (Å²) in [5.41, 5.74) is 0. The topological polar surface area (TPSA) is 70.4 Å². The van der Waals surface area contributed by atoms with Gasteiger partial charge in [-0.05, 0) is 19.1 Å². The van der Waals surface area contributed by atoms with Crippen molar-refractivity contribution >= 4 is 17.7 Å². The Labute approximate surface area is 79.6 Å². The van der Waals surface area contributed by atoms with Crippen LogP contribution in [0.2, 0.25) is 0 Å². The number of pyridine rings is 1. The number of aliphatic carboxylic acids is 1. The summed E-state index contributed by atoms with van der Waals surface area (Å²) in [6, 6.07) is 3.06. The van der Waals surface area contributed by atoms with Gasteiger partial charge in [0.15, 0.2) is 0 Å². The van der Waals surface area contributed by atoms with Crippen LogP contribution in [0, 0.1) is 0 Å². The molecule has 0 unspecified atom stereocenters. The number of nitrogens with zero attached hydrogens (tertiary/aromatic N) is 1. The fourth-order valence-corrected chi connectivity index (χ4v) is 1.44. The van der Waals surface area contributed by atoms with Gasteiger partial charge < -0.3 is 10.2 Å². The maximum absolute atomic E-state index is 10.5. The van der Waals surface area contributed by atoms with Gasteiger partial charge in [-0.15, -0.1) is 0 Å². The zero-order valence-electron chi connectivity index (χ0n) is 6.97. The molecule has 0 aliphatic heterocycles. The van der Waals surface area contributed by atoms with Gasteiger partial charge in [0, 0.05) is 6.20 Å². The fraction of sp³-hybridized carbons (Fsp3) is 0.250. The highest BCUT2D eigenvalue weighted by Crippen LogP contribution is 2.28. The van der Waals surface area contributed by atoms with Crippen LogP contribution in [0.5, 0.6) is 5.75 Å². The lowest BCUT2D eigenvalue weighted by Crippen LogP contribution is -2.11. The van der Waals surface area contributed by atoms with Crippen LogP contribution in [0.4, 0.5) is 0 Å². The molecular formula is C8H9NO3S. The minimum Gasteiger partial charge on any atom is -0.505 e. The van der Waals surface area contributed by atoms with Crippen LogP contribution < -0.4 is 0 Å². The van der Waals surface area contributed by atoms with Gasteiger partial charge in [0.25, 0.3) is 0 Å². The van der Waals surface area contributed by atoms with Gasteiger partial charge in [-0.3, -0.25) is 4.79 Å². The first-order valence-electron chi connectivity index (χ1n) is 3.64. The van der Waals surface area contributed by atoms with Crippen molar-refractivity contribution in [3.63, 3.8) is 0 Å². The van der Waals surface area contributed by atoms with Crippen LogP contribution in [-0.4, -0.2) is 26.4 Å². The molecule has 0 bridgehead atoms. The highest BCUT2D eigenvalue weighted by molar-refractivity contribution is 8.00. The predicted molar refractivity (Wildman–Crippen MR) is 48.9 cm³/mol. The zero-order chi connectivity index (χ0) is 9.84. The monoisotopic (exact) mass is 199 g/mol. The minimum absolute atomic E-state index is 0.0144. The molecule has 13 heavy (non-hydrogen) atoms. The molecule has 0 saturated heterocycles. The molecule has 1 heterocycles. The molecule has 0 saturated carbocycles. The molecule has 4 nitrogen and oxygen atoms in total. The summed E-state index contributed by atoms with van der Waals surface area (Å²) >= 11 is 1.02. The van der Waals surface area contributed by atoms with E-state index < -0.39 is 11.2 Å². The SMILES string of the molecule is C[C@@H](Sc1ncccc1O)C(=O)O. The van der Waals surface area contributed by atoms with Crippen LogP contribution in [0.3, 0.4) is 0 Å². The van der Waals surface area contributed by atoms with Gasteiger partial charge in [0.05, 0.1) is 0 Å². The number of aromatic hydroxyl groups is 1. The molecular weight excluding hydrogens is 190 g/mol. The van der Waals surface area contributed by atoms with Crippen LogP contribution in [-0.2, 0) is 4.79 Å². The number of rotatable bonds is 3. The molecule has 0 amide bonds. The molecule has 1 aromatic rings. The largest absolute Gasteiger partial charge is 0.505 e. The average molecular weight is 199 g/mol. The standard InChI is InChI=1S/C8H9NO3S/c1-5(8(11)12)13-7-6(10)3-2-4-9-7/h2-5,10H,1H3,(H,11,12)/t5-/m1/s1. The Morgan fingerprint density at radius 3 is 2.92 bits per heavy atom. The van der Waals surface area contributed by atoms with Crippen molar-refractivity contribution in [2.24, 2.45) is 0 Å². The molecule has 0 spiro atoms. The van der Waals surface area contributed by atoms with Crippen molar-refractivity contribution in [2.45, 2.75) is 17.2 Å². The molecule has 1 atom stereocenters. The van der Waals surface area contributed by atoms with Crippen LogP contribution in [0.25, 0.3) is 0 Å². The molecule has 0 aliphatic carbocycles. The second-order valence-corrected chi connectivity index (χ2v) is 3.76. The summed E-state index contributed by atoms with van der Waals surface area (Å²) in [6.45, 7) is 1.54. The summed E-state index contributed by atoms with van der Waals surface area (Å²) in [5, 5.41) is 17.6. The van der Waals surface area contributed by atoms with Gasteiger partial charge >= 0.3 is 5.97 Å². The van der Waals surface area contributed by atoms with Crippen LogP contribution >= 0.6 is 11.8 Å². The van der Waals surface area contributed by atoms with E-state index in [1.165, 1.54) is 12.3 Å². The van der Waals surface area contributed by atoms with E-state index >= 15 is 0 Å². The van der Waals surface area contributed by atoms with Crippen molar-refractivity contribution in [2.75, 3.05) is 0 Å². The maximum Gasteiger partial charge on any atom is 0.316 e. The summed E-state index contributed by atoms with van der Waals surface area (Å²) in [7, 11) is 0. The fourth-order valence-electron chi connectivity index (χ4n) is 0.691. The lowest BCUT2D eigenvalue weighted by atomic mass is 10.5. The van der Waals surface area contributed by atoms with E-state index in [4.69, 9.17) is 5.11 Å². The zero-order valence-corrected chi connectivity index (χ0v) is 7.78. The summed E-state index contributed by atoms with van der Waals surface area (Å²) in [6.07, 6.45) is 1.51. The number of carboxylic acid groups (broad SMARTS) is 1. The van der Waals surface area contributed by atoms with Crippen molar-refractivity contribution in [3.8, 4) is 5.75 Å². The van der Waals surface area contributed by atoms with Crippen LogP contribution in [0.15, 0.2) is 23.4 Å². The van der Waals surface area contributed by atoms with E-state index in [1.807, 2.05) is 0 Å². The predicted octanol–water partition coefficient (Wildman–Crippen LogP) is 1.35. The number of thioether (sulfide) groups is 1. The van der Waals surface area contributed by atoms with E-state index in [1.54, 1.807) is 13.0 Å². The molecule has 2 N–H and O–H groups in total. The van der Waals surface area contributed by atoms with Crippen molar-refractivity contribution in [1.82, 2.24) is 4.98 Å². The molecule has 0 aliphatic rings. The first-order valence-corrected chi connectivity index (χ1v) is 4.52. The Bertz CT molecular complexity index is 316. The number of aromatic nitrogens is 1. The van der Waals surface area contributed by atoms with E-state index in [9.17, 15) is 9.90 Å². The quantitative estimate of drug-likeness (QED) is 0.719. The van der Waals surface area contributed by atoms with Crippen molar-refractivity contribution < 1.29 is 15.0 Å². The lowest BCUT2D eigenvalue weighted by Gasteiger charge is -2.05. The summed E-state index contributed by atoms with van der Waals surface area (Å²) in [4.78, 5) is 14.3. The van der Waals surface area contributed by atoms with E-state index in [0.29, 0.717) is 5.03 Å². The molecule has 1 rings (SSSR count). The Morgan fingerprint density at radius 2 is 2.38 bits per heavy atom. The molecule has 5 heteroatoms. The summed E-state index contributed by atoms with van der Waals surface area (Å²) in [5.74, 6) is -0.907. The molecule has 0 radical (unpaired) electrons. The smallest absolute Gasteiger partial charge is 0.316 e. The van der Waals surface area contributed by atoms with E-state index in [2.05, 4.69) is 4.98 Å².